The SMILES string of the molecule is CCc1ocnc1C(=O)Nc1cccc(C(=O)N2CCCCC2C(=O)O)c1. The monoisotopic (exact) mass is 371 g/mol. The summed E-state index contributed by atoms with van der Waals surface area (Å²) < 4.78 is 5.16. The lowest BCUT2D eigenvalue weighted by Crippen LogP contribution is -2.48. The second kappa shape index (κ2) is 8.03. The van der Waals surface area contributed by atoms with Crippen molar-refractivity contribution in [1.82, 2.24) is 9.88 Å². The lowest BCUT2D eigenvalue weighted by Gasteiger charge is -2.33. The number of carboxylic acid groups (broad SMARTS) is 1. The zero-order valence-electron chi connectivity index (χ0n) is 15.0. The first-order chi connectivity index (χ1) is 13.0. The highest BCUT2D eigenvalue weighted by molar-refractivity contribution is 6.04. The summed E-state index contributed by atoms with van der Waals surface area (Å²) in [5, 5.41) is 12.1. The Morgan fingerprint density at radius 1 is 1.33 bits per heavy atom. The molecule has 8 heteroatoms. The van der Waals surface area contributed by atoms with Crippen molar-refractivity contribution in [3.8, 4) is 0 Å². The zero-order valence-corrected chi connectivity index (χ0v) is 15.0. The largest absolute Gasteiger partial charge is 0.480 e. The molecule has 0 bridgehead atoms. The zero-order chi connectivity index (χ0) is 19.4. The quantitative estimate of drug-likeness (QED) is 0.835. The molecule has 2 amide bonds. The van der Waals surface area contributed by atoms with Crippen LogP contribution in [0.1, 0.15) is 52.8 Å². The molecule has 8 nitrogen and oxygen atoms in total. The first kappa shape index (κ1) is 18.6. The topological polar surface area (TPSA) is 113 Å². The van der Waals surface area contributed by atoms with Crippen LogP contribution in [0.5, 0.6) is 0 Å². The smallest absolute Gasteiger partial charge is 0.326 e. The fourth-order valence-corrected chi connectivity index (χ4v) is 3.22. The number of carbonyl (C=O) groups is 3. The van der Waals surface area contributed by atoms with Gasteiger partial charge in [-0.1, -0.05) is 13.0 Å². The third kappa shape index (κ3) is 3.99. The molecule has 0 aliphatic carbocycles. The van der Waals surface area contributed by atoms with Crippen molar-refractivity contribution in [2.75, 3.05) is 11.9 Å². The van der Waals surface area contributed by atoms with E-state index in [-0.39, 0.29) is 11.6 Å². The Hall–Kier alpha value is -3.16. The molecule has 1 aromatic heterocycles. The first-order valence-electron chi connectivity index (χ1n) is 8.88. The average molecular weight is 371 g/mol. The number of likely N-dealkylation sites (tertiary alicyclic amines) is 1. The van der Waals surface area contributed by atoms with Gasteiger partial charge in [0.05, 0.1) is 0 Å². The molecular formula is C19H21N3O5. The highest BCUT2D eigenvalue weighted by Crippen LogP contribution is 2.22. The molecule has 1 atom stereocenters. The van der Waals surface area contributed by atoms with Crippen LogP contribution in [0.25, 0.3) is 0 Å². The Bertz CT molecular complexity index is 861. The van der Waals surface area contributed by atoms with Gasteiger partial charge in [-0.3, -0.25) is 9.59 Å². The Kier molecular flexibility index (Phi) is 5.54. The van der Waals surface area contributed by atoms with Crippen molar-refractivity contribution in [2.45, 2.75) is 38.6 Å². The van der Waals surface area contributed by atoms with E-state index >= 15 is 0 Å². The maximum atomic E-state index is 12.8. The molecule has 2 heterocycles. The van der Waals surface area contributed by atoms with Gasteiger partial charge in [0, 0.05) is 24.2 Å². The molecule has 0 spiro atoms. The van der Waals surface area contributed by atoms with Crippen LogP contribution in [0.15, 0.2) is 35.1 Å². The normalized spacial score (nSPS) is 16.8. The Labute approximate surface area is 156 Å². The second-order valence-electron chi connectivity index (χ2n) is 6.36. The number of aliphatic carboxylic acids is 1. The molecule has 3 rings (SSSR count). The van der Waals surface area contributed by atoms with Crippen LogP contribution < -0.4 is 5.32 Å². The highest BCUT2D eigenvalue weighted by atomic mass is 16.4. The number of aromatic nitrogens is 1. The van der Waals surface area contributed by atoms with Gasteiger partial charge >= 0.3 is 5.97 Å². The molecule has 1 saturated heterocycles. The molecule has 1 fully saturated rings. The van der Waals surface area contributed by atoms with Gasteiger partial charge in [0.25, 0.3) is 11.8 Å². The van der Waals surface area contributed by atoms with Crippen molar-refractivity contribution in [3.05, 3.63) is 47.7 Å². The predicted octanol–water partition coefficient (Wildman–Crippen LogP) is 2.57. The highest BCUT2D eigenvalue weighted by Gasteiger charge is 2.32. The molecule has 27 heavy (non-hydrogen) atoms. The number of amides is 2. The molecular weight excluding hydrogens is 350 g/mol. The summed E-state index contributed by atoms with van der Waals surface area (Å²) in [4.78, 5) is 41.9. The van der Waals surface area contributed by atoms with Crippen LogP contribution in [0.4, 0.5) is 5.69 Å². The minimum Gasteiger partial charge on any atom is -0.480 e. The van der Waals surface area contributed by atoms with Crippen molar-refractivity contribution in [1.29, 1.82) is 0 Å². The summed E-state index contributed by atoms with van der Waals surface area (Å²) in [7, 11) is 0. The van der Waals surface area contributed by atoms with Gasteiger partial charge in [-0.05, 0) is 37.5 Å². The van der Waals surface area contributed by atoms with Crippen LogP contribution in [0.2, 0.25) is 0 Å². The van der Waals surface area contributed by atoms with E-state index in [0.717, 1.165) is 12.8 Å². The van der Waals surface area contributed by atoms with E-state index in [2.05, 4.69) is 10.3 Å². The number of aryl methyl sites for hydroxylation is 1. The number of nitrogens with zero attached hydrogens (tertiary/aromatic N) is 2. The van der Waals surface area contributed by atoms with E-state index < -0.39 is 17.9 Å². The van der Waals surface area contributed by atoms with E-state index in [9.17, 15) is 19.5 Å². The first-order valence-corrected chi connectivity index (χ1v) is 8.88. The summed E-state index contributed by atoms with van der Waals surface area (Å²) in [6.45, 7) is 2.26. The molecule has 142 valence electrons. The summed E-state index contributed by atoms with van der Waals surface area (Å²) in [5.41, 5.74) is 0.966. The van der Waals surface area contributed by atoms with E-state index in [1.54, 1.807) is 24.3 Å². The number of oxazole rings is 1. The molecule has 1 aliphatic rings. The van der Waals surface area contributed by atoms with Gasteiger partial charge in [-0.2, -0.15) is 0 Å². The summed E-state index contributed by atoms with van der Waals surface area (Å²) >= 11 is 0. The fraction of sp³-hybridized carbons (Fsp3) is 0.368. The summed E-state index contributed by atoms with van der Waals surface area (Å²) in [5.74, 6) is -1.29. The number of hydrogen-bond acceptors (Lipinski definition) is 5. The Morgan fingerprint density at radius 3 is 2.89 bits per heavy atom. The predicted molar refractivity (Wildman–Crippen MR) is 96.6 cm³/mol. The van der Waals surface area contributed by atoms with E-state index in [0.29, 0.717) is 36.4 Å². The van der Waals surface area contributed by atoms with Crippen LogP contribution in [-0.4, -0.2) is 45.4 Å². The van der Waals surface area contributed by atoms with Crippen LogP contribution in [0.3, 0.4) is 0 Å². The maximum absolute atomic E-state index is 12.8. The van der Waals surface area contributed by atoms with Crippen LogP contribution >= 0.6 is 0 Å². The Balaban J connectivity index is 1.78. The van der Waals surface area contributed by atoms with Crippen molar-refractivity contribution in [3.63, 3.8) is 0 Å². The second-order valence-corrected chi connectivity index (χ2v) is 6.36. The Morgan fingerprint density at radius 2 is 2.15 bits per heavy atom. The average Bonchev–Trinajstić information content (AvgIpc) is 3.16. The van der Waals surface area contributed by atoms with Crippen molar-refractivity contribution < 1.29 is 23.9 Å². The van der Waals surface area contributed by atoms with Gasteiger partial charge in [0.1, 0.15) is 11.8 Å². The lowest BCUT2D eigenvalue weighted by atomic mass is 10.0. The summed E-state index contributed by atoms with van der Waals surface area (Å²) in [6.07, 6.45) is 3.76. The standard InChI is InChI=1S/C19H21N3O5/c1-2-15-16(20-11-27-15)17(23)21-13-7-5-6-12(10-13)18(24)22-9-4-3-8-14(22)19(25)26/h5-7,10-11,14H,2-4,8-9H2,1H3,(H,21,23)(H,25,26). The van der Waals surface area contributed by atoms with Crippen molar-refractivity contribution >= 4 is 23.5 Å². The maximum Gasteiger partial charge on any atom is 0.326 e. The molecule has 0 radical (unpaired) electrons. The molecule has 2 aromatic rings. The van der Waals surface area contributed by atoms with Crippen LogP contribution in [0, 0.1) is 0 Å². The third-order valence-electron chi connectivity index (χ3n) is 4.59. The molecule has 2 N–H and O–H groups in total. The van der Waals surface area contributed by atoms with E-state index in [1.165, 1.54) is 11.3 Å². The van der Waals surface area contributed by atoms with Gasteiger partial charge < -0.3 is 19.7 Å². The number of carboxylic acids is 1. The molecule has 1 aromatic carbocycles. The van der Waals surface area contributed by atoms with E-state index in [4.69, 9.17) is 4.42 Å². The number of rotatable bonds is 5. The lowest BCUT2D eigenvalue weighted by molar-refractivity contribution is -0.143. The molecule has 0 saturated carbocycles. The molecule has 1 aliphatic heterocycles. The van der Waals surface area contributed by atoms with Crippen molar-refractivity contribution in [2.24, 2.45) is 0 Å². The molecule has 1 unspecified atom stereocenters. The number of carbonyl (C=O) groups excluding carboxylic acids is 2. The minimum absolute atomic E-state index is 0.205. The van der Waals surface area contributed by atoms with Gasteiger partial charge in [-0.15, -0.1) is 0 Å². The third-order valence-corrected chi connectivity index (χ3v) is 4.59. The summed E-state index contributed by atoms with van der Waals surface area (Å²) in [6, 6.07) is 5.64. The minimum atomic E-state index is -0.995. The number of hydrogen-bond donors (Lipinski definition) is 2. The number of anilines is 1. The number of nitrogens with one attached hydrogen (secondary N) is 1. The van der Waals surface area contributed by atoms with Gasteiger partial charge in [0.15, 0.2) is 12.1 Å². The van der Waals surface area contributed by atoms with Gasteiger partial charge in [-0.25, -0.2) is 9.78 Å². The number of piperidine rings is 1. The van der Waals surface area contributed by atoms with Crippen LogP contribution in [-0.2, 0) is 11.2 Å². The van der Waals surface area contributed by atoms with Gasteiger partial charge in [0.2, 0.25) is 0 Å². The fourth-order valence-electron chi connectivity index (χ4n) is 3.22. The van der Waals surface area contributed by atoms with E-state index in [1.807, 2.05) is 6.92 Å². The number of benzene rings is 1.